The summed E-state index contributed by atoms with van der Waals surface area (Å²) in [6.07, 6.45) is 3.20. The third-order valence-electron chi connectivity index (χ3n) is 8.04. The van der Waals surface area contributed by atoms with E-state index in [1.54, 1.807) is 18.2 Å². The Kier molecular flexibility index (Phi) is 10.9. The van der Waals surface area contributed by atoms with E-state index in [1.807, 2.05) is 0 Å². The molecule has 240 valence electrons. The maximum Gasteiger partial charge on any atom is 0.335 e. The molecule has 3 atom stereocenters. The van der Waals surface area contributed by atoms with Crippen molar-refractivity contribution >= 4 is 28.9 Å². The molecule has 0 aromatic heterocycles. The number of nitro groups is 1. The molecule has 11 nitrogen and oxygen atoms in total. The van der Waals surface area contributed by atoms with Crippen LogP contribution >= 0.6 is 0 Å². The highest BCUT2D eigenvalue weighted by atomic mass is 19.1. The number of aromatic carboxylic acids is 1. The summed E-state index contributed by atoms with van der Waals surface area (Å²) in [5.74, 6) is -0.656. The number of methoxy groups -OCH3 is 1. The predicted molar refractivity (Wildman–Crippen MR) is 167 cm³/mol. The monoisotopic (exact) mass is 623 g/mol. The van der Waals surface area contributed by atoms with E-state index in [1.165, 1.54) is 31.4 Å². The van der Waals surface area contributed by atoms with Crippen molar-refractivity contribution in [2.75, 3.05) is 24.4 Å². The SMILES string of the molecule is COc1cc(NCc2c(F)ccc([N+](=O)[O-])c2Oc2ccc(C(=O)O)cc2)ccc1NC(=O)COC1CC(C)CCC1C(C)C. The van der Waals surface area contributed by atoms with Gasteiger partial charge in [0.15, 0.2) is 0 Å². The van der Waals surface area contributed by atoms with Gasteiger partial charge in [0.1, 0.15) is 23.9 Å². The van der Waals surface area contributed by atoms with E-state index in [0.717, 1.165) is 31.4 Å². The van der Waals surface area contributed by atoms with Crippen molar-refractivity contribution in [1.29, 1.82) is 0 Å². The van der Waals surface area contributed by atoms with Gasteiger partial charge in [-0.05, 0) is 73.1 Å². The quantitative estimate of drug-likeness (QED) is 0.132. The number of carbonyl (C=O) groups is 2. The fourth-order valence-corrected chi connectivity index (χ4v) is 5.57. The molecule has 0 radical (unpaired) electrons. The second-order valence-electron chi connectivity index (χ2n) is 11.6. The third kappa shape index (κ3) is 8.48. The summed E-state index contributed by atoms with van der Waals surface area (Å²) in [5.41, 5.74) is 0.328. The Hall–Kier alpha value is -4.71. The first kappa shape index (κ1) is 33.2. The maximum atomic E-state index is 15.0. The first-order valence-electron chi connectivity index (χ1n) is 14.8. The lowest BCUT2D eigenvalue weighted by Crippen LogP contribution is -2.36. The van der Waals surface area contributed by atoms with Crippen molar-refractivity contribution in [3.8, 4) is 17.2 Å². The minimum absolute atomic E-state index is 0.00212. The van der Waals surface area contributed by atoms with E-state index in [4.69, 9.17) is 19.3 Å². The van der Waals surface area contributed by atoms with Crippen LogP contribution in [0.1, 0.15) is 56.0 Å². The molecular formula is C33H38FN3O8. The van der Waals surface area contributed by atoms with E-state index >= 15 is 4.39 Å². The van der Waals surface area contributed by atoms with Gasteiger partial charge in [-0.2, -0.15) is 0 Å². The Bertz CT molecular complexity index is 1530. The van der Waals surface area contributed by atoms with Crippen LogP contribution in [0.15, 0.2) is 54.6 Å². The van der Waals surface area contributed by atoms with Crippen LogP contribution in [0, 0.1) is 33.7 Å². The molecule has 1 fully saturated rings. The van der Waals surface area contributed by atoms with Crippen LogP contribution in [-0.2, 0) is 16.1 Å². The van der Waals surface area contributed by atoms with Crippen molar-refractivity contribution in [3.63, 3.8) is 0 Å². The number of carboxylic acid groups (broad SMARTS) is 1. The van der Waals surface area contributed by atoms with E-state index in [-0.39, 0.29) is 47.8 Å². The second-order valence-corrected chi connectivity index (χ2v) is 11.6. The van der Waals surface area contributed by atoms with Crippen LogP contribution in [0.4, 0.5) is 21.5 Å². The van der Waals surface area contributed by atoms with Gasteiger partial charge in [-0.25, -0.2) is 9.18 Å². The molecule has 12 heteroatoms. The molecule has 1 saturated carbocycles. The van der Waals surface area contributed by atoms with Gasteiger partial charge in [-0.3, -0.25) is 14.9 Å². The number of hydrogen-bond donors (Lipinski definition) is 3. The number of benzene rings is 3. The van der Waals surface area contributed by atoms with Crippen LogP contribution in [0.25, 0.3) is 0 Å². The van der Waals surface area contributed by atoms with Crippen LogP contribution in [0.2, 0.25) is 0 Å². The third-order valence-corrected chi connectivity index (χ3v) is 8.04. The van der Waals surface area contributed by atoms with Crippen molar-refractivity contribution in [1.82, 2.24) is 0 Å². The number of hydrogen-bond acceptors (Lipinski definition) is 8. The van der Waals surface area contributed by atoms with Gasteiger partial charge >= 0.3 is 11.7 Å². The second kappa shape index (κ2) is 14.8. The highest BCUT2D eigenvalue weighted by molar-refractivity contribution is 5.93. The molecule has 1 amide bonds. The summed E-state index contributed by atoms with van der Waals surface area (Å²) in [5, 5.41) is 26.7. The highest BCUT2D eigenvalue weighted by Gasteiger charge is 2.32. The fraction of sp³-hybridized carbons (Fsp3) is 0.394. The molecule has 3 aromatic rings. The molecule has 45 heavy (non-hydrogen) atoms. The lowest BCUT2D eigenvalue weighted by Gasteiger charge is -2.37. The Labute approximate surface area is 260 Å². The lowest BCUT2D eigenvalue weighted by molar-refractivity contribution is -0.385. The van der Waals surface area contributed by atoms with Crippen LogP contribution < -0.4 is 20.1 Å². The molecule has 0 spiro atoms. The first-order valence-corrected chi connectivity index (χ1v) is 14.8. The summed E-state index contributed by atoms with van der Waals surface area (Å²) >= 11 is 0. The number of carboxylic acids is 1. The molecule has 3 N–H and O–H groups in total. The van der Waals surface area contributed by atoms with E-state index in [9.17, 15) is 19.7 Å². The largest absolute Gasteiger partial charge is 0.494 e. The first-order chi connectivity index (χ1) is 21.5. The number of nitrogens with zero attached hydrogens (tertiary/aromatic N) is 1. The van der Waals surface area contributed by atoms with Crippen LogP contribution in [0.5, 0.6) is 17.2 Å². The topological polar surface area (TPSA) is 149 Å². The maximum absolute atomic E-state index is 15.0. The number of rotatable bonds is 13. The number of carbonyl (C=O) groups excluding carboxylic acids is 1. The van der Waals surface area contributed by atoms with Crippen LogP contribution in [-0.4, -0.2) is 41.7 Å². The molecule has 0 saturated heterocycles. The number of nitro benzene ring substituents is 1. The van der Waals surface area contributed by atoms with Gasteiger partial charge in [-0.1, -0.05) is 27.2 Å². The molecule has 1 aliphatic carbocycles. The number of amides is 1. The average molecular weight is 624 g/mol. The average Bonchev–Trinajstić information content (AvgIpc) is 3.00. The fourth-order valence-electron chi connectivity index (χ4n) is 5.57. The standard InChI is InChI=1S/C33H38FN3O8/c1-19(2)24-11-5-20(3)15-29(24)44-18-31(38)36-27-13-8-22(16-30(27)43-4)35-17-25-26(34)12-14-28(37(41)42)32(25)45-23-9-6-21(7-10-23)33(39)40/h6-10,12-14,16,19-20,24,29,35H,5,11,15,17-18H2,1-4H3,(H,36,38)(H,39,40). The number of nitrogens with one attached hydrogen (secondary N) is 2. The van der Waals surface area contributed by atoms with Crippen molar-refractivity contribution in [2.24, 2.45) is 17.8 Å². The Balaban J connectivity index is 1.46. The van der Waals surface area contributed by atoms with Gasteiger partial charge < -0.3 is 30.0 Å². The highest BCUT2D eigenvalue weighted by Crippen LogP contribution is 2.38. The smallest absolute Gasteiger partial charge is 0.335 e. The summed E-state index contributed by atoms with van der Waals surface area (Å²) in [7, 11) is 1.45. The zero-order chi connectivity index (χ0) is 32.7. The van der Waals surface area contributed by atoms with Gasteiger partial charge in [0.05, 0.1) is 35.0 Å². The number of halogens is 1. The Morgan fingerprint density at radius 2 is 1.84 bits per heavy atom. The minimum Gasteiger partial charge on any atom is -0.494 e. The van der Waals surface area contributed by atoms with E-state index in [0.29, 0.717) is 34.9 Å². The Morgan fingerprint density at radius 3 is 2.49 bits per heavy atom. The number of ether oxygens (including phenoxy) is 3. The Morgan fingerprint density at radius 1 is 1.11 bits per heavy atom. The lowest BCUT2D eigenvalue weighted by atomic mass is 9.75. The predicted octanol–water partition coefficient (Wildman–Crippen LogP) is 7.26. The van der Waals surface area contributed by atoms with Gasteiger partial charge in [0.2, 0.25) is 11.7 Å². The van der Waals surface area contributed by atoms with E-state index < -0.39 is 22.4 Å². The molecule has 3 aromatic carbocycles. The molecule has 0 heterocycles. The minimum atomic E-state index is -1.15. The summed E-state index contributed by atoms with van der Waals surface area (Å²) < 4.78 is 32.3. The normalized spacial score (nSPS) is 17.9. The summed E-state index contributed by atoms with van der Waals surface area (Å²) in [6.45, 7) is 6.28. The van der Waals surface area contributed by atoms with Gasteiger partial charge in [-0.15, -0.1) is 0 Å². The van der Waals surface area contributed by atoms with Gasteiger partial charge in [0.25, 0.3) is 0 Å². The summed E-state index contributed by atoms with van der Waals surface area (Å²) in [4.78, 5) is 35.0. The van der Waals surface area contributed by atoms with Crippen molar-refractivity contribution < 1.29 is 38.2 Å². The van der Waals surface area contributed by atoms with Crippen LogP contribution in [0.3, 0.4) is 0 Å². The molecule has 1 aliphatic rings. The zero-order valence-electron chi connectivity index (χ0n) is 25.7. The number of anilines is 2. The zero-order valence-corrected chi connectivity index (χ0v) is 25.7. The summed E-state index contributed by atoms with van der Waals surface area (Å²) in [6, 6.07) is 12.1. The molecule has 4 rings (SSSR count). The molecular weight excluding hydrogens is 585 g/mol. The molecule has 3 unspecified atom stereocenters. The van der Waals surface area contributed by atoms with Crippen molar-refractivity contribution in [2.45, 2.75) is 52.7 Å². The van der Waals surface area contributed by atoms with Crippen molar-refractivity contribution in [3.05, 3.63) is 81.7 Å². The van der Waals surface area contributed by atoms with E-state index in [2.05, 4.69) is 31.4 Å². The molecule has 0 aliphatic heterocycles. The molecule has 0 bridgehead atoms. The van der Waals surface area contributed by atoms with Gasteiger partial charge in [0, 0.05) is 24.4 Å².